The lowest BCUT2D eigenvalue weighted by molar-refractivity contribution is 0.333. The molecule has 0 saturated heterocycles. The van der Waals surface area contributed by atoms with E-state index in [0.717, 1.165) is 12.3 Å². The topological polar surface area (TPSA) is 99.0 Å². The van der Waals surface area contributed by atoms with Gasteiger partial charge in [-0.1, -0.05) is 6.42 Å². The van der Waals surface area contributed by atoms with Gasteiger partial charge in [0.05, 0.1) is 12.0 Å². The minimum atomic E-state index is -3.59. The maximum Gasteiger partial charge on any atom is 0.240 e. The van der Waals surface area contributed by atoms with Crippen molar-refractivity contribution in [2.75, 3.05) is 13.7 Å². The minimum Gasteiger partial charge on any atom is -0.494 e. The minimum absolute atomic E-state index is 0.182. The first kappa shape index (κ1) is 16.5. The van der Waals surface area contributed by atoms with E-state index in [2.05, 4.69) is 20.2 Å². The van der Waals surface area contributed by atoms with Crippen molar-refractivity contribution >= 4 is 10.0 Å². The van der Waals surface area contributed by atoms with Gasteiger partial charge in [0.1, 0.15) is 17.8 Å². The lowest BCUT2D eigenvalue weighted by Crippen LogP contribution is -2.31. The number of rotatable bonds is 6. The van der Waals surface area contributed by atoms with Gasteiger partial charge in [0.25, 0.3) is 0 Å². The van der Waals surface area contributed by atoms with Crippen LogP contribution in [0.2, 0.25) is 0 Å². The Morgan fingerprint density at radius 3 is 2.84 bits per heavy atom. The summed E-state index contributed by atoms with van der Waals surface area (Å²) in [7, 11) is -2.07. The molecule has 0 amide bonds. The zero-order valence-corrected chi connectivity index (χ0v) is 14.8. The molecule has 1 heterocycles. The van der Waals surface area contributed by atoms with Crippen LogP contribution in [0.1, 0.15) is 25.7 Å². The summed E-state index contributed by atoms with van der Waals surface area (Å²) in [4.78, 5) is 0.182. The Bertz CT molecular complexity index is 853. The Hall–Kier alpha value is -2.00. The average molecular weight is 363 g/mol. The van der Waals surface area contributed by atoms with Crippen LogP contribution in [0.4, 0.5) is 0 Å². The van der Waals surface area contributed by atoms with Gasteiger partial charge in [0, 0.05) is 6.54 Å². The fourth-order valence-electron chi connectivity index (χ4n) is 4.21. The summed E-state index contributed by atoms with van der Waals surface area (Å²) < 4.78 is 34.9. The highest BCUT2D eigenvalue weighted by Gasteiger charge is 2.39. The molecule has 8 nitrogen and oxygen atoms in total. The van der Waals surface area contributed by atoms with Crippen molar-refractivity contribution in [2.24, 2.45) is 17.8 Å². The van der Waals surface area contributed by atoms with Crippen molar-refractivity contribution in [2.45, 2.75) is 30.6 Å². The lowest BCUT2D eigenvalue weighted by Gasteiger charge is -2.22. The first-order valence-corrected chi connectivity index (χ1v) is 9.96. The molecule has 2 aliphatic carbocycles. The molecule has 2 fully saturated rings. The molecule has 1 aromatic carbocycles. The van der Waals surface area contributed by atoms with E-state index in [1.165, 1.54) is 49.5 Å². The summed E-state index contributed by atoms with van der Waals surface area (Å²) in [5.74, 6) is 2.44. The van der Waals surface area contributed by atoms with Gasteiger partial charge in [-0.2, -0.15) is 4.68 Å². The smallest absolute Gasteiger partial charge is 0.240 e. The number of aromatic nitrogens is 4. The highest BCUT2D eigenvalue weighted by molar-refractivity contribution is 7.89. The predicted molar refractivity (Wildman–Crippen MR) is 89.8 cm³/mol. The number of hydrogen-bond donors (Lipinski definition) is 1. The fraction of sp³-hybridized carbons (Fsp3) is 0.562. The van der Waals surface area contributed by atoms with Crippen molar-refractivity contribution < 1.29 is 13.2 Å². The molecule has 1 aromatic heterocycles. The van der Waals surface area contributed by atoms with Crippen LogP contribution in [0.25, 0.3) is 5.69 Å². The molecule has 3 atom stereocenters. The third kappa shape index (κ3) is 3.13. The second-order valence-electron chi connectivity index (χ2n) is 6.87. The summed E-state index contributed by atoms with van der Waals surface area (Å²) in [6.07, 6.45) is 6.35. The van der Waals surface area contributed by atoms with Gasteiger partial charge in [-0.25, -0.2) is 13.1 Å². The molecular weight excluding hydrogens is 342 g/mol. The van der Waals surface area contributed by atoms with E-state index in [1.54, 1.807) is 6.07 Å². The molecule has 9 heteroatoms. The fourth-order valence-corrected chi connectivity index (χ4v) is 5.33. The zero-order valence-electron chi connectivity index (χ0n) is 14.0. The van der Waals surface area contributed by atoms with Crippen LogP contribution in [0.3, 0.4) is 0 Å². The maximum absolute atomic E-state index is 12.7. The molecule has 2 saturated carbocycles. The molecule has 0 radical (unpaired) electrons. The summed E-state index contributed by atoms with van der Waals surface area (Å²) >= 11 is 0. The first-order valence-electron chi connectivity index (χ1n) is 8.48. The Labute approximate surface area is 146 Å². The van der Waals surface area contributed by atoms with Gasteiger partial charge < -0.3 is 4.74 Å². The van der Waals surface area contributed by atoms with Gasteiger partial charge in [0.2, 0.25) is 10.0 Å². The second-order valence-corrected chi connectivity index (χ2v) is 8.64. The highest BCUT2D eigenvalue weighted by atomic mass is 32.2. The molecule has 4 rings (SSSR count). The van der Waals surface area contributed by atoms with Crippen molar-refractivity contribution in [1.82, 2.24) is 24.9 Å². The van der Waals surface area contributed by atoms with E-state index in [1.807, 2.05) is 0 Å². The molecule has 0 spiro atoms. The average Bonchev–Trinajstić information content (AvgIpc) is 3.36. The number of nitrogens with zero attached hydrogens (tertiary/aromatic N) is 4. The molecule has 0 aliphatic heterocycles. The van der Waals surface area contributed by atoms with Crippen molar-refractivity contribution in [1.29, 1.82) is 0 Å². The molecule has 2 aromatic rings. The lowest BCUT2D eigenvalue weighted by atomic mass is 9.89. The molecule has 2 bridgehead atoms. The molecule has 25 heavy (non-hydrogen) atoms. The standard InChI is InChI=1S/C16H21N5O3S/c1-24-16-5-4-14(8-15(16)21-10-17-19-20-21)25(22,23)18-9-13-7-11-2-3-12(13)6-11/h4-5,8,10-13,18H,2-3,6-7,9H2,1H3/t11-,12+,13+/m0/s1. The van der Waals surface area contributed by atoms with E-state index >= 15 is 0 Å². The molecule has 1 N–H and O–H groups in total. The normalized spacial score (nSPS) is 25.4. The maximum atomic E-state index is 12.7. The zero-order chi connectivity index (χ0) is 17.4. The number of fused-ring (bicyclic) bond motifs is 2. The van der Waals surface area contributed by atoms with Crippen LogP contribution < -0.4 is 9.46 Å². The summed E-state index contributed by atoms with van der Waals surface area (Å²) in [6, 6.07) is 4.68. The number of sulfonamides is 1. The number of ether oxygens (including phenoxy) is 1. The summed E-state index contributed by atoms with van der Waals surface area (Å²) in [6.45, 7) is 0.510. The van der Waals surface area contributed by atoms with Crippen LogP contribution >= 0.6 is 0 Å². The Balaban J connectivity index is 1.54. The van der Waals surface area contributed by atoms with Gasteiger partial charge >= 0.3 is 0 Å². The van der Waals surface area contributed by atoms with Gasteiger partial charge in [-0.15, -0.1) is 5.10 Å². The van der Waals surface area contributed by atoms with Crippen LogP contribution in [0.5, 0.6) is 5.75 Å². The Morgan fingerprint density at radius 2 is 2.20 bits per heavy atom. The van der Waals surface area contributed by atoms with Crippen molar-refractivity contribution in [3.8, 4) is 11.4 Å². The van der Waals surface area contributed by atoms with E-state index in [0.29, 0.717) is 29.8 Å². The van der Waals surface area contributed by atoms with E-state index in [9.17, 15) is 8.42 Å². The number of methoxy groups -OCH3 is 1. The largest absolute Gasteiger partial charge is 0.494 e. The molecule has 0 unspecified atom stereocenters. The van der Waals surface area contributed by atoms with E-state index in [4.69, 9.17) is 4.74 Å². The number of tetrazole rings is 1. The van der Waals surface area contributed by atoms with E-state index < -0.39 is 10.0 Å². The van der Waals surface area contributed by atoms with Crippen LogP contribution in [0.15, 0.2) is 29.4 Å². The third-order valence-corrected chi connectivity index (χ3v) is 6.90. The molecule has 134 valence electrons. The molecular formula is C16H21N5O3S. The van der Waals surface area contributed by atoms with Crippen molar-refractivity contribution in [3.05, 3.63) is 24.5 Å². The first-order chi connectivity index (χ1) is 12.1. The van der Waals surface area contributed by atoms with Gasteiger partial charge in [-0.3, -0.25) is 0 Å². The second kappa shape index (κ2) is 6.38. The monoisotopic (exact) mass is 363 g/mol. The van der Waals surface area contributed by atoms with Crippen LogP contribution in [0, 0.1) is 17.8 Å². The summed E-state index contributed by atoms with van der Waals surface area (Å²) in [5, 5.41) is 11.0. The highest BCUT2D eigenvalue weighted by Crippen LogP contribution is 2.48. The Morgan fingerprint density at radius 1 is 1.32 bits per heavy atom. The number of benzene rings is 1. The van der Waals surface area contributed by atoms with Crippen LogP contribution in [-0.2, 0) is 10.0 Å². The third-order valence-electron chi connectivity index (χ3n) is 5.48. The number of nitrogens with one attached hydrogen (secondary N) is 1. The van der Waals surface area contributed by atoms with E-state index in [-0.39, 0.29) is 4.90 Å². The van der Waals surface area contributed by atoms with Crippen molar-refractivity contribution in [3.63, 3.8) is 0 Å². The van der Waals surface area contributed by atoms with Crippen LogP contribution in [-0.4, -0.2) is 42.3 Å². The van der Waals surface area contributed by atoms with Gasteiger partial charge in [-0.05, 0) is 65.6 Å². The predicted octanol–water partition coefficient (Wildman–Crippen LogP) is 1.39. The summed E-state index contributed by atoms with van der Waals surface area (Å²) in [5.41, 5.74) is 0.482. The quantitative estimate of drug-likeness (QED) is 0.832. The molecule has 2 aliphatic rings. The SMILES string of the molecule is COc1ccc(S(=O)(=O)NC[C@H]2C[C@H]3CC[C@@H]2C3)cc1-n1cnnn1. The Kier molecular flexibility index (Phi) is 4.20. The number of hydrogen-bond acceptors (Lipinski definition) is 6. The van der Waals surface area contributed by atoms with Gasteiger partial charge in [0.15, 0.2) is 0 Å².